The van der Waals surface area contributed by atoms with E-state index in [9.17, 15) is 13.2 Å². The maximum absolute atomic E-state index is 12.9. The van der Waals surface area contributed by atoms with E-state index in [-0.39, 0.29) is 0 Å². The second-order valence-corrected chi connectivity index (χ2v) is 5.86. The van der Waals surface area contributed by atoms with Gasteiger partial charge in [0.25, 0.3) is 0 Å². The summed E-state index contributed by atoms with van der Waals surface area (Å²) in [6.45, 7) is 0.352. The van der Waals surface area contributed by atoms with Gasteiger partial charge in [-0.1, -0.05) is 30.3 Å². The Morgan fingerprint density at radius 3 is 2.52 bits per heavy atom. The fourth-order valence-corrected chi connectivity index (χ4v) is 3.05. The number of para-hydroxylation sites is 1. The van der Waals surface area contributed by atoms with Gasteiger partial charge in [0.2, 0.25) is 0 Å². The summed E-state index contributed by atoms with van der Waals surface area (Å²) < 4.78 is 46.2. The first kappa shape index (κ1) is 15.6. The van der Waals surface area contributed by atoms with Gasteiger partial charge >= 0.3 is 6.18 Å². The van der Waals surface area contributed by atoms with Crippen LogP contribution in [0.15, 0.2) is 77.5 Å². The van der Waals surface area contributed by atoms with E-state index in [1.807, 2.05) is 47.2 Å². The lowest BCUT2D eigenvalue weighted by molar-refractivity contribution is -0.137. The Labute approximate surface area is 142 Å². The maximum atomic E-state index is 12.9. The second kappa shape index (κ2) is 5.84. The highest BCUT2D eigenvalue weighted by Crippen LogP contribution is 2.32. The molecule has 2 aromatic heterocycles. The highest BCUT2D eigenvalue weighted by molar-refractivity contribution is 5.94. The smallest absolute Gasteiger partial charge is 0.416 e. The van der Waals surface area contributed by atoms with Crippen molar-refractivity contribution in [2.75, 3.05) is 0 Å². The minimum Gasteiger partial charge on any atom is -0.464 e. The largest absolute Gasteiger partial charge is 0.464 e. The average Bonchev–Trinajstić information content (AvgIpc) is 3.23. The van der Waals surface area contributed by atoms with Gasteiger partial charge in [-0.25, -0.2) is 0 Å². The van der Waals surface area contributed by atoms with Crippen LogP contribution in [0.1, 0.15) is 11.1 Å². The SMILES string of the molecule is FC(F)(F)c1cccc(Cn2cc(-c3ccco3)c3ccccc32)c1. The minimum absolute atomic E-state index is 0.352. The molecular weight excluding hydrogens is 327 g/mol. The molecule has 2 aromatic carbocycles. The molecule has 0 amide bonds. The Kier molecular flexibility index (Phi) is 3.64. The Bertz CT molecular complexity index is 1010. The lowest BCUT2D eigenvalue weighted by atomic mass is 10.1. The Morgan fingerprint density at radius 2 is 1.76 bits per heavy atom. The number of fused-ring (bicyclic) bond motifs is 1. The molecule has 0 bridgehead atoms. The zero-order valence-electron chi connectivity index (χ0n) is 13.1. The summed E-state index contributed by atoms with van der Waals surface area (Å²) in [6.07, 6.45) is -0.813. The van der Waals surface area contributed by atoms with Crippen LogP contribution >= 0.6 is 0 Å². The zero-order chi connectivity index (χ0) is 17.4. The van der Waals surface area contributed by atoms with Gasteiger partial charge in [-0.05, 0) is 35.9 Å². The third kappa shape index (κ3) is 2.93. The van der Waals surface area contributed by atoms with Crippen LogP contribution in [0.5, 0.6) is 0 Å². The molecule has 0 radical (unpaired) electrons. The van der Waals surface area contributed by atoms with Crippen molar-refractivity contribution in [3.05, 3.63) is 84.3 Å². The molecule has 0 unspecified atom stereocenters. The lowest BCUT2D eigenvalue weighted by Gasteiger charge is -2.10. The number of hydrogen-bond donors (Lipinski definition) is 0. The van der Waals surface area contributed by atoms with Crippen molar-refractivity contribution in [1.82, 2.24) is 4.57 Å². The summed E-state index contributed by atoms with van der Waals surface area (Å²) in [5.41, 5.74) is 1.84. The van der Waals surface area contributed by atoms with Crippen LogP contribution < -0.4 is 0 Å². The summed E-state index contributed by atoms with van der Waals surface area (Å²) in [7, 11) is 0. The molecule has 0 saturated carbocycles. The molecule has 0 spiro atoms. The van der Waals surface area contributed by atoms with Crippen molar-refractivity contribution in [2.24, 2.45) is 0 Å². The van der Waals surface area contributed by atoms with E-state index in [0.29, 0.717) is 12.1 Å². The molecule has 5 heteroatoms. The van der Waals surface area contributed by atoms with E-state index in [1.165, 1.54) is 12.1 Å². The topological polar surface area (TPSA) is 18.1 Å². The number of halogens is 3. The van der Waals surface area contributed by atoms with Crippen molar-refractivity contribution in [2.45, 2.75) is 12.7 Å². The standard InChI is InChI=1S/C20H14F3NO/c21-20(22,23)15-6-3-5-14(11-15)12-24-13-17(19-9-4-10-25-19)16-7-1-2-8-18(16)24/h1-11,13H,12H2. The molecule has 4 aromatic rings. The molecule has 0 N–H and O–H groups in total. The number of hydrogen-bond acceptors (Lipinski definition) is 1. The summed E-state index contributed by atoms with van der Waals surface area (Å²) in [5.74, 6) is 0.735. The fraction of sp³-hybridized carbons (Fsp3) is 0.100. The van der Waals surface area contributed by atoms with Crippen LogP contribution in [-0.4, -0.2) is 4.57 Å². The van der Waals surface area contributed by atoms with Crippen LogP contribution in [0.4, 0.5) is 13.2 Å². The first-order chi connectivity index (χ1) is 12.0. The molecule has 0 aliphatic carbocycles. The highest BCUT2D eigenvalue weighted by Gasteiger charge is 2.30. The maximum Gasteiger partial charge on any atom is 0.416 e. The van der Waals surface area contributed by atoms with Gasteiger partial charge in [0.1, 0.15) is 5.76 Å². The summed E-state index contributed by atoms with van der Waals surface area (Å²) in [6, 6.07) is 16.9. The van der Waals surface area contributed by atoms with Crippen molar-refractivity contribution in [1.29, 1.82) is 0 Å². The summed E-state index contributed by atoms with van der Waals surface area (Å²) >= 11 is 0. The van der Waals surface area contributed by atoms with Gasteiger partial charge in [0, 0.05) is 29.2 Å². The van der Waals surface area contributed by atoms with E-state index in [4.69, 9.17) is 4.42 Å². The monoisotopic (exact) mass is 341 g/mol. The van der Waals surface area contributed by atoms with E-state index < -0.39 is 11.7 Å². The molecule has 0 aliphatic heterocycles. The molecule has 126 valence electrons. The van der Waals surface area contributed by atoms with Crippen molar-refractivity contribution < 1.29 is 17.6 Å². The van der Waals surface area contributed by atoms with Gasteiger partial charge in [-0.3, -0.25) is 0 Å². The predicted octanol–water partition coefficient (Wildman–Crippen LogP) is 5.97. The van der Waals surface area contributed by atoms with Crippen LogP contribution in [0.3, 0.4) is 0 Å². The van der Waals surface area contributed by atoms with E-state index in [0.717, 1.165) is 28.3 Å². The number of nitrogens with zero attached hydrogens (tertiary/aromatic N) is 1. The van der Waals surface area contributed by atoms with Gasteiger partial charge in [0.15, 0.2) is 0 Å². The normalized spacial score (nSPS) is 12.0. The number of benzene rings is 2. The Balaban J connectivity index is 1.78. The quantitative estimate of drug-likeness (QED) is 0.449. The molecule has 25 heavy (non-hydrogen) atoms. The van der Waals surface area contributed by atoms with Crippen molar-refractivity contribution >= 4 is 10.9 Å². The van der Waals surface area contributed by atoms with Crippen LogP contribution in [-0.2, 0) is 12.7 Å². The number of alkyl halides is 3. The van der Waals surface area contributed by atoms with Crippen molar-refractivity contribution in [3.63, 3.8) is 0 Å². The third-order valence-corrected chi connectivity index (χ3v) is 4.18. The molecule has 0 atom stereocenters. The molecule has 2 heterocycles. The number of aromatic nitrogens is 1. The van der Waals surface area contributed by atoms with Crippen LogP contribution in [0.2, 0.25) is 0 Å². The van der Waals surface area contributed by atoms with Gasteiger partial charge in [-0.2, -0.15) is 13.2 Å². The second-order valence-electron chi connectivity index (χ2n) is 5.86. The minimum atomic E-state index is -4.34. The fourth-order valence-electron chi connectivity index (χ4n) is 3.05. The molecular formula is C20H14F3NO. The molecule has 2 nitrogen and oxygen atoms in total. The lowest BCUT2D eigenvalue weighted by Crippen LogP contribution is -2.06. The van der Waals surface area contributed by atoms with Gasteiger partial charge < -0.3 is 8.98 Å². The van der Waals surface area contributed by atoms with E-state index >= 15 is 0 Å². The Morgan fingerprint density at radius 1 is 0.920 bits per heavy atom. The van der Waals surface area contributed by atoms with E-state index in [2.05, 4.69) is 0 Å². The summed E-state index contributed by atoms with van der Waals surface area (Å²) in [5, 5.41) is 1.00. The van der Waals surface area contributed by atoms with Crippen LogP contribution in [0, 0.1) is 0 Å². The highest BCUT2D eigenvalue weighted by atomic mass is 19.4. The molecule has 4 rings (SSSR count). The van der Waals surface area contributed by atoms with Crippen molar-refractivity contribution in [3.8, 4) is 11.3 Å². The van der Waals surface area contributed by atoms with Gasteiger partial charge in [0.05, 0.1) is 11.8 Å². The van der Waals surface area contributed by atoms with E-state index in [1.54, 1.807) is 12.3 Å². The van der Waals surface area contributed by atoms with Crippen LogP contribution in [0.25, 0.3) is 22.2 Å². The zero-order valence-corrected chi connectivity index (χ0v) is 13.1. The first-order valence-electron chi connectivity index (χ1n) is 7.80. The van der Waals surface area contributed by atoms with Gasteiger partial charge in [-0.15, -0.1) is 0 Å². The first-order valence-corrected chi connectivity index (χ1v) is 7.80. The third-order valence-electron chi connectivity index (χ3n) is 4.18. The predicted molar refractivity (Wildman–Crippen MR) is 90.2 cm³/mol. The average molecular weight is 341 g/mol. The number of furan rings is 1. The summed E-state index contributed by atoms with van der Waals surface area (Å²) in [4.78, 5) is 0. The molecule has 0 aliphatic rings. The Hall–Kier alpha value is -2.95. The number of rotatable bonds is 3. The molecule has 0 fully saturated rings. The molecule has 0 saturated heterocycles.